The molecule has 4 saturated carbocycles. The quantitative estimate of drug-likeness (QED) is 0.164. The van der Waals surface area contributed by atoms with Crippen LogP contribution in [0.5, 0.6) is 0 Å². The van der Waals surface area contributed by atoms with Crippen molar-refractivity contribution in [1.82, 2.24) is 0 Å². The van der Waals surface area contributed by atoms with Gasteiger partial charge in [-0.3, -0.25) is 0 Å². The van der Waals surface area contributed by atoms with Crippen LogP contribution in [0.25, 0.3) is 22.3 Å². The molecule has 0 heterocycles. The SMILES string of the molecule is CC1(C)c2ccccc2-c2c(-c3ccc(C4CCCCC4)cc3)cc(N(c3ccc(C4CC5CCC4C5)cc3)c3cccc(C4CCCCC4)c3)cc21. The number of benzene rings is 5. The second kappa shape index (κ2) is 13.6. The van der Waals surface area contributed by atoms with Gasteiger partial charge in [0.25, 0.3) is 0 Å². The molecule has 2 bridgehead atoms. The van der Waals surface area contributed by atoms with Crippen molar-refractivity contribution in [3.05, 3.63) is 137 Å². The second-order valence-corrected chi connectivity index (χ2v) is 18.2. The summed E-state index contributed by atoms with van der Waals surface area (Å²) in [5, 5.41) is 0. The summed E-state index contributed by atoms with van der Waals surface area (Å²) in [4.78, 5) is 2.59. The van der Waals surface area contributed by atoms with Gasteiger partial charge in [0.1, 0.15) is 0 Å². The summed E-state index contributed by atoms with van der Waals surface area (Å²) in [6, 6.07) is 43.5. The Morgan fingerprint density at radius 1 is 0.491 bits per heavy atom. The minimum Gasteiger partial charge on any atom is -0.310 e. The van der Waals surface area contributed by atoms with Gasteiger partial charge in [-0.15, -0.1) is 0 Å². The number of fused-ring (bicyclic) bond motifs is 5. The molecule has 53 heavy (non-hydrogen) atoms. The van der Waals surface area contributed by atoms with Gasteiger partial charge in [0.15, 0.2) is 0 Å². The van der Waals surface area contributed by atoms with Crippen molar-refractivity contribution < 1.29 is 0 Å². The van der Waals surface area contributed by atoms with Gasteiger partial charge in [0.2, 0.25) is 0 Å². The molecule has 10 rings (SSSR count). The molecule has 3 unspecified atom stereocenters. The number of hydrogen-bond donors (Lipinski definition) is 0. The third-order valence-corrected chi connectivity index (χ3v) is 14.7. The standard InChI is InChI=1S/C52H57N/c1-52(2)49-19-10-9-18-46(49)51-48(40-24-22-38(23-25-40)36-12-5-3-6-13-36)33-45(34-50(51)52)53(44-17-11-16-41(32-44)37-14-7-4-8-15-37)43-28-26-39(27-29-43)47-31-35-20-21-42(47)30-35/h9-11,16-19,22-29,32-37,42,47H,3-8,12-15,20-21,30-31H2,1-2H3. The van der Waals surface area contributed by atoms with Crippen LogP contribution >= 0.6 is 0 Å². The molecule has 0 saturated heterocycles. The van der Waals surface area contributed by atoms with Crippen molar-refractivity contribution in [2.24, 2.45) is 11.8 Å². The maximum atomic E-state index is 2.59. The maximum absolute atomic E-state index is 2.59. The summed E-state index contributed by atoms with van der Waals surface area (Å²) in [6.45, 7) is 4.88. The van der Waals surface area contributed by atoms with Gasteiger partial charge in [0, 0.05) is 22.5 Å². The molecule has 5 aromatic rings. The van der Waals surface area contributed by atoms with E-state index in [4.69, 9.17) is 0 Å². The zero-order chi connectivity index (χ0) is 35.5. The van der Waals surface area contributed by atoms with Crippen LogP contribution in [0.1, 0.15) is 149 Å². The van der Waals surface area contributed by atoms with Crippen molar-refractivity contribution in [2.75, 3.05) is 4.90 Å². The Balaban J connectivity index is 1.13. The van der Waals surface area contributed by atoms with Gasteiger partial charge in [-0.1, -0.05) is 132 Å². The summed E-state index contributed by atoms with van der Waals surface area (Å²) >= 11 is 0. The van der Waals surface area contributed by atoms with E-state index in [0.717, 1.165) is 17.8 Å². The highest BCUT2D eigenvalue weighted by molar-refractivity contribution is 5.96. The van der Waals surface area contributed by atoms with Gasteiger partial charge >= 0.3 is 0 Å². The molecular formula is C52H57N. The van der Waals surface area contributed by atoms with E-state index in [1.807, 2.05) is 0 Å². The van der Waals surface area contributed by atoms with E-state index in [-0.39, 0.29) is 5.41 Å². The highest BCUT2D eigenvalue weighted by atomic mass is 15.1. The van der Waals surface area contributed by atoms with Crippen LogP contribution in [0.2, 0.25) is 0 Å². The van der Waals surface area contributed by atoms with Gasteiger partial charge in [-0.25, -0.2) is 0 Å². The maximum Gasteiger partial charge on any atom is 0.0471 e. The number of anilines is 3. The Kier molecular flexibility index (Phi) is 8.61. The zero-order valence-electron chi connectivity index (χ0n) is 32.1. The molecule has 0 radical (unpaired) electrons. The largest absolute Gasteiger partial charge is 0.310 e. The third kappa shape index (κ3) is 5.98. The first-order valence-corrected chi connectivity index (χ1v) is 21.4. The van der Waals surface area contributed by atoms with Crippen molar-refractivity contribution in [3.63, 3.8) is 0 Å². The first kappa shape index (κ1) is 33.5. The Morgan fingerprint density at radius 2 is 1.19 bits per heavy atom. The molecule has 0 amide bonds. The summed E-state index contributed by atoms with van der Waals surface area (Å²) < 4.78 is 0. The highest BCUT2D eigenvalue weighted by Gasteiger charge is 2.40. The molecule has 0 spiro atoms. The number of nitrogens with zero attached hydrogens (tertiary/aromatic N) is 1. The Morgan fingerprint density at radius 3 is 1.89 bits per heavy atom. The van der Waals surface area contributed by atoms with Crippen LogP contribution in [0, 0.1) is 11.8 Å². The summed E-state index contributed by atoms with van der Waals surface area (Å²) in [5.41, 5.74) is 16.7. The lowest BCUT2D eigenvalue weighted by Gasteiger charge is -2.31. The normalized spacial score (nSPS) is 23.5. The second-order valence-electron chi connectivity index (χ2n) is 18.2. The molecule has 4 fully saturated rings. The van der Waals surface area contributed by atoms with E-state index >= 15 is 0 Å². The molecular weight excluding hydrogens is 639 g/mol. The van der Waals surface area contributed by atoms with Crippen LogP contribution < -0.4 is 4.90 Å². The lowest BCUT2D eigenvalue weighted by Crippen LogP contribution is -2.17. The average Bonchev–Trinajstić information content (AvgIpc) is 3.92. The first-order chi connectivity index (χ1) is 26.0. The number of rotatable bonds is 7. The van der Waals surface area contributed by atoms with Crippen LogP contribution in [-0.4, -0.2) is 0 Å². The zero-order valence-corrected chi connectivity index (χ0v) is 32.1. The molecule has 1 heteroatoms. The predicted molar refractivity (Wildman–Crippen MR) is 224 cm³/mol. The lowest BCUT2D eigenvalue weighted by atomic mass is 9.81. The Hall–Kier alpha value is -4.10. The van der Waals surface area contributed by atoms with Crippen molar-refractivity contribution in [3.8, 4) is 22.3 Å². The molecule has 0 aliphatic heterocycles. The van der Waals surface area contributed by atoms with Gasteiger partial charge < -0.3 is 4.90 Å². The van der Waals surface area contributed by atoms with E-state index in [1.165, 1.54) is 151 Å². The molecule has 5 aliphatic rings. The Bertz CT molecular complexity index is 2090. The first-order valence-electron chi connectivity index (χ1n) is 21.4. The fourth-order valence-corrected chi connectivity index (χ4v) is 11.9. The van der Waals surface area contributed by atoms with Crippen LogP contribution in [0.4, 0.5) is 17.1 Å². The molecule has 3 atom stereocenters. The van der Waals surface area contributed by atoms with E-state index < -0.39 is 0 Å². The topological polar surface area (TPSA) is 3.24 Å². The van der Waals surface area contributed by atoms with Crippen molar-refractivity contribution in [2.45, 2.75) is 127 Å². The van der Waals surface area contributed by atoms with Crippen LogP contribution in [0.15, 0.2) is 109 Å². The fraction of sp³-hybridized carbons (Fsp3) is 0.423. The minimum atomic E-state index is -0.0972. The molecule has 270 valence electrons. The highest BCUT2D eigenvalue weighted by Crippen LogP contribution is 2.56. The number of hydrogen-bond acceptors (Lipinski definition) is 1. The van der Waals surface area contributed by atoms with E-state index in [1.54, 1.807) is 5.56 Å². The van der Waals surface area contributed by atoms with Crippen LogP contribution in [0.3, 0.4) is 0 Å². The molecule has 0 N–H and O–H groups in total. The van der Waals surface area contributed by atoms with E-state index in [2.05, 4.69) is 128 Å². The minimum absolute atomic E-state index is 0.0972. The van der Waals surface area contributed by atoms with Crippen LogP contribution in [-0.2, 0) is 5.41 Å². The van der Waals surface area contributed by atoms with Crippen molar-refractivity contribution in [1.29, 1.82) is 0 Å². The molecule has 5 aromatic carbocycles. The van der Waals surface area contributed by atoms with Gasteiger partial charge in [0.05, 0.1) is 0 Å². The smallest absolute Gasteiger partial charge is 0.0471 e. The summed E-state index contributed by atoms with van der Waals surface area (Å²) in [7, 11) is 0. The molecule has 5 aliphatic carbocycles. The van der Waals surface area contributed by atoms with Gasteiger partial charge in [-0.05, 0) is 161 Å². The summed E-state index contributed by atoms with van der Waals surface area (Å²) in [5.74, 6) is 3.97. The predicted octanol–water partition coefficient (Wildman–Crippen LogP) is 15.1. The van der Waals surface area contributed by atoms with Crippen molar-refractivity contribution >= 4 is 17.1 Å². The summed E-state index contributed by atoms with van der Waals surface area (Å²) in [6.07, 6.45) is 19.2. The van der Waals surface area contributed by atoms with Gasteiger partial charge in [-0.2, -0.15) is 0 Å². The monoisotopic (exact) mass is 695 g/mol. The Labute approximate surface area is 318 Å². The molecule has 1 nitrogen and oxygen atoms in total. The average molecular weight is 696 g/mol. The molecule has 0 aromatic heterocycles. The lowest BCUT2D eigenvalue weighted by molar-refractivity contribution is 0.420. The van der Waals surface area contributed by atoms with E-state index in [0.29, 0.717) is 11.8 Å². The fourth-order valence-electron chi connectivity index (χ4n) is 11.9. The van der Waals surface area contributed by atoms with E-state index in [9.17, 15) is 0 Å². The third-order valence-electron chi connectivity index (χ3n) is 14.7.